The molecule has 0 saturated carbocycles. The molecule has 1 aromatic carbocycles. The van der Waals surface area contributed by atoms with Crippen LogP contribution in [0.25, 0.3) is 0 Å². The number of rotatable bonds is 6. The molecule has 116 valence electrons. The van der Waals surface area contributed by atoms with E-state index in [0.29, 0.717) is 17.8 Å². The fourth-order valence-corrected chi connectivity index (χ4v) is 2.36. The minimum absolute atomic E-state index is 0.000681. The highest BCUT2D eigenvalue weighted by Crippen LogP contribution is 2.11. The number of benzene rings is 1. The van der Waals surface area contributed by atoms with E-state index in [0.717, 1.165) is 5.69 Å². The van der Waals surface area contributed by atoms with E-state index in [9.17, 15) is 13.2 Å². The van der Waals surface area contributed by atoms with Crippen molar-refractivity contribution in [1.82, 2.24) is 10.3 Å². The highest BCUT2D eigenvalue weighted by atomic mass is 32.2. The van der Waals surface area contributed by atoms with Crippen molar-refractivity contribution in [3.8, 4) is 0 Å². The molecule has 0 aliphatic rings. The summed E-state index contributed by atoms with van der Waals surface area (Å²) in [7, 11) is -3.31. The SMILES string of the molecule is CCS(=O)(=O)Nc1ccc(C(=O)NCc2ccccn2)cc1. The first kappa shape index (κ1) is 16.0. The van der Waals surface area contributed by atoms with Crippen LogP contribution in [-0.4, -0.2) is 25.1 Å². The summed E-state index contributed by atoms with van der Waals surface area (Å²) in [6.07, 6.45) is 1.66. The van der Waals surface area contributed by atoms with Gasteiger partial charge in [0.05, 0.1) is 18.0 Å². The molecule has 0 spiro atoms. The maximum Gasteiger partial charge on any atom is 0.251 e. The van der Waals surface area contributed by atoms with E-state index in [-0.39, 0.29) is 11.7 Å². The second-order valence-electron chi connectivity index (χ2n) is 4.59. The number of nitrogens with one attached hydrogen (secondary N) is 2. The Morgan fingerprint density at radius 2 is 1.86 bits per heavy atom. The number of amides is 1. The summed E-state index contributed by atoms with van der Waals surface area (Å²) in [5.74, 6) is -0.241. The first-order valence-electron chi connectivity index (χ1n) is 6.79. The van der Waals surface area contributed by atoms with Crippen LogP contribution in [-0.2, 0) is 16.6 Å². The predicted octanol–water partition coefficient (Wildman–Crippen LogP) is 1.77. The number of carbonyl (C=O) groups is 1. The largest absolute Gasteiger partial charge is 0.346 e. The molecule has 0 aliphatic carbocycles. The number of anilines is 1. The Hall–Kier alpha value is -2.41. The molecule has 1 heterocycles. The molecule has 2 aromatic rings. The van der Waals surface area contributed by atoms with Gasteiger partial charge in [-0.3, -0.25) is 14.5 Å². The van der Waals surface area contributed by atoms with Crippen molar-refractivity contribution in [3.63, 3.8) is 0 Å². The van der Waals surface area contributed by atoms with Crippen LogP contribution in [0.15, 0.2) is 48.7 Å². The molecule has 0 atom stereocenters. The maximum atomic E-state index is 12.0. The third-order valence-corrected chi connectivity index (χ3v) is 4.26. The second kappa shape index (κ2) is 7.04. The summed E-state index contributed by atoms with van der Waals surface area (Å²) in [4.78, 5) is 16.1. The third-order valence-electron chi connectivity index (χ3n) is 2.96. The Bertz CT molecular complexity index is 728. The molecule has 0 saturated heterocycles. The van der Waals surface area contributed by atoms with Gasteiger partial charge in [0.25, 0.3) is 5.91 Å². The van der Waals surface area contributed by atoms with Crippen LogP contribution in [0, 0.1) is 0 Å². The Labute approximate surface area is 129 Å². The van der Waals surface area contributed by atoms with E-state index >= 15 is 0 Å². The summed E-state index contributed by atoms with van der Waals surface area (Å²) in [6, 6.07) is 11.7. The van der Waals surface area contributed by atoms with Gasteiger partial charge in [-0.25, -0.2) is 8.42 Å². The van der Waals surface area contributed by atoms with Crippen LogP contribution < -0.4 is 10.0 Å². The topological polar surface area (TPSA) is 88.2 Å². The van der Waals surface area contributed by atoms with Gasteiger partial charge in [-0.2, -0.15) is 0 Å². The van der Waals surface area contributed by atoms with E-state index in [1.807, 2.05) is 12.1 Å². The normalized spacial score (nSPS) is 11.0. The Balaban J connectivity index is 1.96. The first-order chi connectivity index (χ1) is 10.5. The lowest BCUT2D eigenvalue weighted by Gasteiger charge is -2.08. The van der Waals surface area contributed by atoms with Crippen molar-refractivity contribution in [1.29, 1.82) is 0 Å². The quantitative estimate of drug-likeness (QED) is 0.849. The molecule has 1 amide bonds. The summed E-state index contributed by atoms with van der Waals surface area (Å²) < 4.78 is 25.3. The van der Waals surface area contributed by atoms with Crippen molar-refractivity contribution >= 4 is 21.6 Å². The number of sulfonamides is 1. The zero-order valence-electron chi connectivity index (χ0n) is 12.1. The molecule has 6 nitrogen and oxygen atoms in total. The Morgan fingerprint density at radius 1 is 1.14 bits per heavy atom. The molecule has 0 unspecified atom stereocenters. The summed E-state index contributed by atoms with van der Waals surface area (Å²) >= 11 is 0. The number of hydrogen-bond acceptors (Lipinski definition) is 4. The Morgan fingerprint density at radius 3 is 2.45 bits per heavy atom. The molecule has 7 heteroatoms. The van der Waals surface area contributed by atoms with E-state index in [1.165, 1.54) is 0 Å². The molecule has 2 rings (SSSR count). The standard InChI is InChI=1S/C15H17N3O3S/c1-2-22(20,21)18-13-8-6-12(7-9-13)15(19)17-11-14-5-3-4-10-16-14/h3-10,18H,2,11H2,1H3,(H,17,19). The molecular formula is C15H17N3O3S. The number of aromatic nitrogens is 1. The molecule has 1 aromatic heterocycles. The Kier molecular flexibility index (Phi) is 5.11. The van der Waals surface area contributed by atoms with Crippen molar-refractivity contribution in [2.75, 3.05) is 10.5 Å². The third kappa shape index (κ3) is 4.56. The van der Waals surface area contributed by atoms with Crippen LogP contribution in [0.1, 0.15) is 23.0 Å². The fourth-order valence-electron chi connectivity index (χ4n) is 1.72. The minimum Gasteiger partial charge on any atom is -0.346 e. The van der Waals surface area contributed by atoms with Gasteiger partial charge in [0, 0.05) is 17.4 Å². The van der Waals surface area contributed by atoms with Gasteiger partial charge in [-0.05, 0) is 43.3 Å². The van der Waals surface area contributed by atoms with Crippen molar-refractivity contribution in [3.05, 3.63) is 59.9 Å². The van der Waals surface area contributed by atoms with Crippen LogP contribution >= 0.6 is 0 Å². The number of carbonyl (C=O) groups excluding carboxylic acids is 1. The summed E-state index contributed by atoms with van der Waals surface area (Å²) in [5.41, 5.74) is 1.65. The average molecular weight is 319 g/mol. The van der Waals surface area contributed by atoms with Crippen LogP contribution in [0.4, 0.5) is 5.69 Å². The van der Waals surface area contributed by atoms with Crippen LogP contribution in [0.2, 0.25) is 0 Å². The zero-order chi connectivity index (χ0) is 16.0. The smallest absolute Gasteiger partial charge is 0.251 e. The van der Waals surface area contributed by atoms with Crippen molar-refractivity contribution in [2.24, 2.45) is 0 Å². The lowest BCUT2D eigenvalue weighted by atomic mass is 10.2. The lowest BCUT2D eigenvalue weighted by Crippen LogP contribution is -2.23. The van der Waals surface area contributed by atoms with Crippen LogP contribution in [0.3, 0.4) is 0 Å². The van der Waals surface area contributed by atoms with Crippen molar-refractivity contribution < 1.29 is 13.2 Å². The van der Waals surface area contributed by atoms with E-state index in [4.69, 9.17) is 0 Å². The molecule has 0 aliphatic heterocycles. The zero-order valence-corrected chi connectivity index (χ0v) is 12.9. The number of hydrogen-bond donors (Lipinski definition) is 2. The summed E-state index contributed by atoms with van der Waals surface area (Å²) in [6.45, 7) is 1.89. The molecule has 22 heavy (non-hydrogen) atoms. The molecule has 0 radical (unpaired) electrons. The van der Waals surface area contributed by atoms with Gasteiger partial charge in [0.15, 0.2) is 0 Å². The van der Waals surface area contributed by atoms with Gasteiger partial charge >= 0.3 is 0 Å². The lowest BCUT2D eigenvalue weighted by molar-refractivity contribution is 0.0950. The highest BCUT2D eigenvalue weighted by Gasteiger charge is 2.09. The van der Waals surface area contributed by atoms with Gasteiger partial charge in [0.1, 0.15) is 0 Å². The number of pyridine rings is 1. The predicted molar refractivity (Wildman–Crippen MR) is 84.9 cm³/mol. The number of nitrogens with zero attached hydrogens (tertiary/aromatic N) is 1. The maximum absolute atomic E-state index is 12.0. The van der Waals surface area contributed by atoms with Gasteiger partial charge in [-0.15, -0.1) is 0 Å². The van der Waals surface area contributed by atoms with Crippen LogP contribution in [0.5, 0.6) is 0 Å². The average Bonchev–Trinajstić information content (AvgIpc) is 2.54. The van der Waals surface area contributed by atoms with Gasteiger partial charge in [0.2, 0.25) is 10.0 Å². The van der Waals surface area contributed by atoms with Gasteiger partial charge < -0.3 is 5.32 Å². The van der Waals surface area contributed by atoms with E-state index in [1.54, 1.807) is 43.5 Å². The monoisotopic (exact) mass is 319 g/mol. The highest BCUT2D eigenvalue weighted by molar-refractivity contribution is 7.92. The minimum atomic E-state index is -3.31. The van der Waals surface area contributed by atoms with Crippen molar-refractivity contribution in [2.45, 2.75) is 13.5 Å². The van der Waals surface area contributed by atoms with Gasteiger partial charge in [-0.1, -0.05) is 6.07 Å². The molecule has 2 N–H and O–H groups in total. The first-order valence-corrected chi connectivity index (χ1v) is 8.44. The molecular weight excluding hydrogens is 302 g/mol. The molecule has 0 bridgehead atoms. The van der Waals surface area contributed by atoms with E-state index < -0.39 is 10.0 Å². The summed E-state index contributed by atoms with van der Waals surface area (Å²) in [5, 5.41) is 2.75. The second-order valence-corrected chi connectivity index (χ2v) is 6.60. The van der Waals surface area contributed by atoms with E-state index in [2.05, 4.69) is 15.0 Å². The molecule has 0 fully saturated rings. The fraction of sp³-hybridized carbons (Fsp3) is 0.200.